The first-order chi connectivity index (χ1) is 12.0. The maximum Gasteiger partial charge on any atom is 0.327 e. The van der Waals surface area contributed by atoms with Gasteiger partial charge in [0.25, 0.3) is 0 Å². The van der Waals surface area contributed by atoms with E-state index < -0.39 is 0 Å². The van der Waals surface area contributed by atoms with E-state index in [0.717, 1.165) is 24.8 Å². The van der Waals surface area contributed by atoms with Crippen LogP contribution in [0, 0.1) is 0 Å². The van der Waals surface area contributed by atoms with Gasteiger partial charge in [-0.1, -0.05) is 23.5 Å². The van der Waals surface area contributed by atoms with E-state index in [1.807, 2.05) is 49.5 Å². The number of urea groups is 1. The van der Waals surface area contributed by atoms with E-state index in [0.29, 0.717) is 11.7 Å². The van der Waals surface area contributed by atoms with Gasteiger partial charge in [-0.05, 0) is 62.2 Å². The Kier molecular flexibility index (Phi) is 4.43. The van der Waals surface area contributed by atoms with Crippen molar-refractivity contribution in [1.82, 2.24) is 9.88 Å². The Morgan fingerprint density at radius 3 is 2.76 bits per heavy atom. The number of hydrogen-bond acceptors (Lipinski definition) is 4. The number of halogens is 2. The van der Waals surface area contributed by atoms with Crippen molar-refractivity contribution in [3.8, 4) is 0 Å². The Hall–Kier alpha value is -1.64. The Labute approximate surface area is 165 Å². The first kappa shape index (κ1) is 16.8. The fourth-order valence-corrected chi connectivity index (χ4v) is 4.44. The number of carbonyl (C=O) groups is 1. The lowest BCUT2D eigenvalue weighted by Crippen LogP contribution is -2.39. The van der Waals surface area contributed by atoms with Crippen molar-refractivity contribution in [2.45, 2.75) is 6.17 Å². The third-order valence-corrected chi connectivity index (χ3v) is 6.95. The van der Waals surface area contributed by atoms with Crippen LogP contribution in [0.2, 0.25) is 0 Å². The van der Waals surface area contributed by atoms with Crippen LogP contribution in [-0.4, -0.2) is 35.7 Å². The number of fused-ring (bicyclic) bond motifs is 1. The van der Waals surface area contributed by atoms with Gasteiger partial charge in [0.15, 0.2) is 5.13 Å². The van der Waals surface area contributed by atoms with Crippen LogP contribution < -0.4 is 10.2 Å². The minimum absolute atomic E-state index is 0.0484. The lowest BCUT2D eigenvalue weighted by atomic mass is 10.3. The number of benzene rings is 2. The monoisotopic (exact) mass is 480 g/mol. The Morgan fingerprint density at radius 2 is 2.00 bits per heavy atom. The predicted octanol–water partition coefficient (Wildman–Crippen LogP) is 5.13. The van der Waals surface area contributed by atoms with Gasteiger partial charge >= 0.3 is 6.03 Å². The number of thiazole rings is 1. The first-order valence-corrected chi connectivity index (χ1v) is 10.0. The number of likely N-dealkylation sites (N-methyl/N-ethyl adjacent to an activating group) is 1. The zero-order valence-electron chi connectivity index (χ0n) is 13.2. The van der Waals surface area contributed by atoms with E-state index in [2.05, 4.69) is 42.2 Å². The van der Waals surface area contributed by atoms with Crippen molar-refractivity contribution in [2.75, 3.05) is 23.8 Å². The summed E-state index contributed by atoms with van der Waals surface area (Å²) >= 11 is 8.52. The largest absolute Gasteiger partial charge is 0.363 e. The summed E-state index contributed by atoms with van der Waals surface area (Å²) < 4.78 is 3.02. The molecule has 2 heterocycles. The molecule has 0 bridgehead atoms. The van der Waals surface area contributed by atoms with E-state index in [-0.39, 0.29) is 12.2 Å². The van der Waals surface area contributed by atoms with E-state index in [1.165, 1.54) is 11.3 Å². The van der Waals surface area contributed by atoms with E-state index in [4.69, 9.17) is 0 Å². The minimum Gasteiger partial charge on any atom is -0.363 e. The van der Waals surface area contributed by atoms with Crippen LogP contribution in [0.5, 0.6) is 0 Å². The molecule has 1 fully saturated rings. The molecular weight excluding hydrogens is 468 g/mol. The second kappa shape index (κ2) is 6.59. The van der Waals surface area contributed by atoms with Crippen molar-refractivity contribution in [3.63, 3.8) is 0 Å². The molecule has 2 amide bonds. The van der Waals surface area contributed by atoms with Crippen LogP contribution in [0.4, 0.5) is 15.6 Å². The fraction of sp³-hybridized carbons (Fsp3) is 0.176. The number of hydrogen-bond donors (Lipinski definition) is 1. The average Bonchev–Trinajstić information content (AvgIpc) is 3.12. The molecule has 4 rings (SSSR count). The molecule has 8 heteroatoms. The zero-order chi connectivity index (χ0) is 17.6. The van der Waals surface area contributed by atoms with Gasteiger partial charge in [-0.25, -0.2) is 14.7 Å². The fourth-order valence-electron chi connectivity index (χ4n) is 2.80. The molecule has 1 N–H and O–H groups in total. The highest BCUT2D eigenvalue weighted by Gasteiger charge is 2.38. The van der Waals surface area contributed by atoms with Gasteiger partial charge in [0.05, 0.1) is 16.8 Å². The Bertz CT molecular complexity index is 928. The number of rotatable bonds is 3. The molecule has 1 aliphatic rings. The highest BCUT2D eigenvalue weighted by atomic mass is 79.9. The van der Waals surface area contributed by atoms with Gasteiger partial charge in [0.1, 0.15) is 6.17 Å². The van der Waals surface area contributed by atoms with E-state index in [1.54, 1.807) is 9.80 Å². The van der Waals surface area contributed by atoms with Gasteiger partial charge in [-0.15, -0.1) is 0 Å². The standard InChI is InChI=1S/C17H14Br2N4OS/c1-22-9-15(20-10-6-7-11(18)12(19)8-10)23(17(22)24)16-21-13-4-2-3-5-14(13)25-16/h2-8,15,20H,9H2,1H3. The quantitative estimate of drug-likeness (QED) is 0.564. The van der Waals surface area contributed by atoms with Gasteiger partial charge < -0.3 is 10.2 Å². The maximum absolute atomic E-state index is 12.7. The summed E-state index contributed by atoms with van der Waals surface area (Å²) in [5.74, 6) is 0. The molecule has 1 aromatic heterocycles. The van der Waals surface area contributed by atoms with E-state index in [9.17, 15) is 4.79 Å². The number of para-hydroxylation sites is 1. The number of aromatic nitrogens is 1. The predicted molar refractivity (Wildman–Crippen MR) is 109 cm³/mol. The third kappa shape index (κ3) is 3.14. The molecular formula is C17H14Br2N4OS. The minimum atomic E-state index is -0.175. The molecule has 1 aliphatic heterocycles. The number of nitrogens with zero attached hydrogens (tertiary/aromatic N) is 3. The summed E-state index contributed by atoms with van der Waals surface area (Å²) in [5, 5.41) is 4.15. The SMILES string of the molecule is CN1CC(Nc2ccc(Br)c(Br)c2)N(c2nc3ccccc3s2)C1=O. The van der Waals surface area contributed by atoms with Gasteiger partial charge in [-0.2, -0.15) is 0 Å². The van der Waals surface area contributed by atoms with Crippen LogP contribution in [0.1, 0.15) is 0 Å². The number of amides is 2. The van der Waals surface area contributed by atoms with Crippen molar-refractivity contribution in [1.29, 1.82) is 0 Å². The van der Waals surface area contributed by atoms with Crippen LogP contribution in [0.3, 0.4) is 0 Å². The topological polar surface area (TPSA) is 48.5 Å². The lowest BCUT2D eigenvalue weighted by Gasteiger charge is -2.22. The second-order valence-electron chi connectivity index (χ2n) is 5.79. The summed E-state index contributed by atoms with van der Waals surface area (Å²) in [4.78, 5) is 20.8. The zero-order valence-corrected chi connectivity index (χ0v) is 17.2. The molecule has 0 radical (unpaired) electrons. The molecule has 1 unspecified atom stereocenters. The summed E-state index contributed by atoms with van der Waals surface area (Å²) in [6.45, 7) is 0.586. The lowest BCUT2D eigenvalue weighted by molar-refractivity contribution is 0.229. The summed E-state index contributed by atoms with van der Waals surface area (Å²) in [7, 11) is 1.81. The molecule has 3 aromatic rings. The molecule has 0 aliphatic carbocycles. The highest BCUT2D eigenvalue weighted by Crippen LogP contribution is 2.33. The average molecular weight is 482 g/mol. The van der Waals surface area contributed by atoms with Gasteiger partial charge in [0.2, 0.25) is 0 Å². The van der Waals surface area contributed by atoms with Crippen molar-refractivity contribution in [2.24, 2.45) is 0 Å². The molecule has 5 nitrogen and oxygen atoms in total. The molecule has 25 heavy (non-hydrogen) atoms. The Morgan fingerprint density at radius 1 is 1.20 bits per heavy atom. The van der Waals surface area contributed by atoms with Crippen LogP contribution in [-0.2, 0) is 0 Å². The van der Waals surface area contributed by atoms with Crippen molar-refractivity contribution >= 4 is 70.3 Å². The van der Waals surface area contributed by atoms with Crippen LogP contribution in [0.25, 0.3) is 10.2 Å². The molecule has 2 aromatic carbocycles. The summed E-state index contributed by atoms with van der Waals surface area (Å²) in [6, 6.07) is 13.8. The van der Waals surface area contributed by atoms with Crippen LogP contribution in [0.15, 0.2) is 51.4 Å². The first-order valence-electron chi connectivity index (χ1n) is 7.64. The molecule has 0 spiro atoms. The highest BCUT2D eigenvalue weighted by molar-refractivity contribution is 9.13. The van der Waals surface area contributed by atoms with E-state index >= 15 is 0 Å². The molecule has 128 valence electrons. The second-order valence-corrected chi connectivity index (χ2v) is 8.50. The van der Waals surface area contributed by atoms with Crippen LogP contribution >= 0.6 is 43.2 Å². The number of nitrogens with one attached hydrogen (secondary N) is 1. The maximum atomic E-state index is 12.7. The summed E-state index contributed by atoms with van der Waals surface area (Å²) in [5.41, 5.74) is 1.85. The van der Waals surface area contributed by atoms with Gasteiger partial charge in [-0.3, -0.25) is 0 Å². The van der Waals surface area contributed by atoms with Crippen molar-refractivity contribution < 1.29 is 4.79 Å². The molecule has 1 saturated heterocycles. The smallest absolute Gasteiger partial charge is 0.327 e. The summed E-state index contributed by atoms with van der Waals surface area (Å²) in [6.07, 6.45) is -0.175. The number of carbonyl (C=O) groups excluding carboxylic acids is 1. The van der Waals surface area contributed by atoms with Gasteiger partial charge in [0, 0.05) is 21.7 Å². The molecule has 0 saturated carbocycles. The normalized spacial score (nSPS) is 17.6. The van der Waals surface area contributed by atoms with Crippen molar-refractivity contribution in [3.05, 3.63) is 51.4 Å². The number of anilines is 2. The Balaban J connectivity index is 1.67. The third-order valence-electron chi connectivity index (χ3n) is 4.03. The molecule has 1 atom stereocenters.